The lowest BCUT2D eigenvalue weighted by atomic mass is 9.80. The van der Waals surface area contributed by atoms with Gasteiger partial charge in [-0.2, -0.15) is 0 Å². The highest BCUT2D eigenvalue weighted by Crippen LogP contribution is 2.33. The third kappa shape index (κ3) is 5.20. The molecule has 4 heterocycles. The Bertz CT molecular complexity index is 421. The molecule has 4 aliphatic heterocycles. The van der Waals surface area contributed by atoms with Crippen LogP contribution in [-0.2, 0) is 4.74 Å². The number of nitrogens with one attached hydrogen (secondary N) is 3. The third-order valence-electron chi connectivity index (χ3n) is 7.32. The molecule has 4 fully saturated rings. The number of hydrogen-bond donors (Lipinski definition) is 3. The molecule has 26 heavy (non-hydrogen) atoms. The zero-order valence-electron chi connectivity index (χ0n) is 16.6. The van der Waals surface area contributed by atoms with Crippen molar-refractivity contribution in [3.8, 4) is 0 Å². The summed E-state index contributed by atoms with van der Waals surface area (Å²) in [6, 6.07) is 0.840. The van der Waals surface area contributed by atoms with Crippen LogP contribution < -0.4 is 16.0 Å². The molecule has 0 aliphatic carbocycles. The van der Waals surface area contributed by atoms with Crippen molar-refractivity contribution in [3.05, 3.63) is 0 Å². The van der Waals surface area contributed by atoms with E-state index < -0.39 is 0 Å². The molecular weight excluding hydrogens is 324 g/mol. The summed E-state index contributed by atoms with van der Waals surface area (Å²) in [7, 11) is 0. The van der Waals surface area contributed by atoms with Crippen molar-refractivity contribution in [2.75, 3.05) is 59.0 Å². The van der Waals surface area contributed by atoms with Crippen LogP contribution in [-0.4, -0.2) is 76.0 Å². The highest BCUT2D eigenvalue weighted by atomic mass is 16.5. The number of hydrogen-bond acceptors (Lipinski definition) is 5. The molecule has 0 aromatic carbocycles. The Morgan fingerprint density at radius 2 is 1.65 bits per heavy atom. The van der Waals surface area contributed by atoms with Crippen molar-refractivity contribution in [1.29, 1.82) is 0 Å². The van der Waals surface area contributed by atoms with Crippen LogP contribution in [0.4, 0.5) is 0 Å². The summed E-state index contributed by atoms with van der Waals surface area (Å²) in [6.07, 6.45) is 10.1. The van der Waals surface area contributed by atoms with Crippen molar-refractivity contribution >= 4 is 0 Å². The maximum absolute atomic E-state index is 6.26. The van der Waals surface area contributed by atoms with E-state index in [9.17, 15) is 0 Å². The fourth-order valence-corrected chi connectivity index (χ4v) is 5.77. The minimum Gasteiger partial charge on any atom is -0.378 e. The van der Waals surface area contributed by atoms with E-state index in [1.54, 1.807) is 0 Å². The van der Waals surface area contributed by atoms with Crippen LogP contribution in [0.1, 0.15) is 44.9 Å². The van der Waals surface area contributed by atoms with Crippen LogP contribution in [0.5, 0.6) is 0 Å². The van der Waals surface area contributed by atoms with Gasteiger partial charge in [0.15, 0.2) is 0 Å². The smallest absolute Gasteiger partial charge is 0.0618 e. The molecule has 5 heteroatoms. The average Bonchev–Trinajstić information content (AvgIpc) is 3.13. The van der Waals surface area contributed by atoms with E-state index in [0.717, 1.165) is 63.1 Å². The Morgan fingerprint density at radius 1 is 0.731 bits per heavy atom. The van der Waals surface area contributed by atoms with Crippen LogP contribution in [0.2, 0.25) is 0 Å². The summed E-state index contributed by atoms with van der Waals surface area (Å²) in [5.74, 6) is 2.37. The van der Waals surface area contributed by atoms with Gasteiger partial charge in [0.25, 0.3) is 0 Å². The quantitative estimate of drug-likeness (QED) is 0.607. The van der Waals surface area contributed by atoms with Gasteiger partial charge >= 0.3 is 0 Å². The van der Waals surface area contributed by atoms with E-state index >= 15 is 0 Å². The number of piperidine rings is 1. The van der Waals surface area contributed by atoms with E-state index in [1.165, 1.54) is 64.6 Å². The van der Waals surface area contributed by atoms with Gasteiger partial charge in [-0.25, -0.2) is 0 Å². The number of rotatable bonds is 0. The molecule has 0 radical (unpaired) electrons. The zero-order valence-corrected chi connectivity index (χ0v) is 16.6. The number of fused-ring (bicyclic) bond motifs is 6. The van der Waals surface area contributed by atoms with E-state index in [2.05, 4.69) is 20.9 Å². The second kappa shape index (κ2) is 9.83. The molecule has 5 unspecified atom stereocenters. The maximum Gasteiger partial charge on any atom is 0.0618 e. The molecule has 4 saturated heterocycles. The largest absolute Gasteiger partial charge is 0.378 e. The molecule has 3 N–H and O–H groups in total. The number of nitrogens with zero attached hydrogens (tertiary/aromatic N) is 1. The first-order valence-electron chi connectivity index (χ1n) is 11.4. The first kappa shape index (κ1) is 19.1. The van der Waals surface area contributed by atoms with Crippen molar-refractivity contribution in [2.24, 2.45) is 17.8 Å². The molecule has 0 amide bonds. The lowest BCUT2D eigenvalue weighted by Gasteiger charge is -2.39. The van der Waals surface area contributed by atoms with Crippen molar-refractivity contribution in [1.82, 2.24) is 20.9 Å². The molecule has 0 aromatic rings. The average molecular weight is 365 g/mol. The molecule has 0 aromatic heterocycles. The lowest BCUT2D eigenvalue weighted by molar-refractivity contribution is -0.0537. The molecule has 5 atom stereocenters. The molecule has 5 nitrogen and oxygen atoms in total. The summed E-state index contributed by atoms with van der Waals surface area (Å²) < 4.78 is 6.26. The van der Waals surface area contributed by atoms with Gasteiger partial charge in [0.1, 0.15) is 0 Å². The van der Waals surface area contributed by atoms with Crippen molar-refractivity contribution in [2.45, 2.75) is 57.1 Å². The molecule has 150 valence electrons. The highest BCUT2D eigenvalue weighted by molar-refractivity contribution is 4.87. The highest BCUT2D eigenvalue weighted by Gasteiger charge is 2.33. The molecule has 0 saturated carbocycles. The first-order chi connectivity index (χ1) is 12.9. The molecule has 4 rings (SSSR count). The molecular formula is C21H40N4O. The summed E-state index contributed by atoms with van der Waals surface area (Å²) in [4.78, 5) is 2.76. The van der Waals surface area contributed by atoms with Gasteiger partial charge < -0.3 is 20.7 Å². The topological polar surface area (TPSA) is 48.6 Å². The Kier molecular flexibility index (Phi) is 7.23. The monoisotopic (exact) mass is 364 g/mol. The van der Waals surface area contributed by atoms with Crippen LogP contribution >= 0.6 is 0 Å². The summed E-state index contributed by atoms with van der Waals surface area (Å²) in [6.45, 7) is 10.3. The second-order valence-electron chi connectivity index (χ2n) is 9.18. The zero-order chi connectivity index (χ0) is 17.6. The molecule has 4 bridgehead atoms. The van der Waals surface area contributed by atoms with Crippen LogP contribution in [0, 0.1) is 17.8 Å². The molecule has 4 aliphatic rings. The Balaban J connectivity index is 1.37. The fourth-order valence-electron chi connectivity index (χ4n) is 5.77. The Hall–Kier alpha value is -0.200. The summed E-state index contributed by atoms with van der Waals surface area (Å²) in [5, 5.41) is 11.0. The maximum atomic E-state index is 6.26. The van der Waals surface area contributed by atoms with E-state index in [1.807, 2.05) is 0 Å². The lowest BCUT2D eigenvalue weighted by Crippen LogP contribution is -2.47. The van der Waals surface area contributed by atoms with Crippen molar-refractivity contribution in [3.63, 3.8) is 0 Å². The Morgan fingerprint density at radius 3 is 2.65 bits per heavy atom. The predicted octanol–water partition coefficient (Wildman–Crippen LogP) is 1.44. The van der Waals surface area contributed by atoms with E-state index in [0.29, 0.717) is 6.10 Å². The van der Waals surface area contributed by atoms with Gasteiger partial charge in [0.2, 0.25) is 0 Å². The minimum absolute atomic E-state index is 0.501. The van der Waals surface area contributed by atoms with Gasteiger partial charge in [-0.15, -0.1) is 0 Å². The van der Waals surface area contributed by atoms with E-state index in [4.69, 9.17) is 4.74 Å². The van der Waals surface area contributed by atoms with Gasteiger partial charge in [-0.05, 0) is 82.3 Å². The fraction of sp³-hybridized carbons (Fsp3) is 1.00. The third-order valence-corrected chi connectivity index (χ3v) is 7.32. The Labute approximate surface area is 160 Å². The van der Waals surface area contributed by atoms with E-state index in [-0.39, 0.29) is 0 Å². The van der Waals surface area contributed by atoms with Crippen LogP contribution in [0.15, 0.2) is 0 Å². The van der Waals surface area contributed by atoms with Gasteiger partial charge in [-0.1, -0.05) is 0 Å². The number of ether oxygens (including phenoxy) is 1. The van der Waals surface area contributed by atoms with Gasteiger partial charge in [0, 0.05) is 45.4 Å². The molecule has 0 spiro atoms. The predicted molar refractivity (Wildman–Crippen MR) is 106 cm³/mol. The summed E-state index contributed by atoms with van der Waals surface area (Å²) in [5.41, 5.74) is 0. The van der Waals surface area contributed by atoms with Gasteiger partial charge in [-0.3, -0.25) is 4.90 Å². The van der Waals surface area contributed by atoms with Crippen LogP contribution in [0.3, 0.4) is 0 Å². The van der Waals surface area contributed by atoms with Crippen molar-refractivity contribution < 1.29 is 4.74 Å². The van der Waals surface area contributed by atoms with Gasteiger partial charge in [0.05, 0.1) is 6.10 Å². The standard InChI is InChI=1S/C21H40N4O/c1-2-20-4-3-17-5-11-26-21(13-17)19-12-18(15-24-16-19)14-23-7-6-22-8-10-25(20)9-1/h17-24H,1-16H2. The second-order valence-corrected chi connectivity index (χ2v) is 9.18. The normalized spacial score (nSPS) is 41.3. The minimum atomic E-state index is 0.501. The summed E-state index contributed by atoms with van der Waals surface area (Å²) >= 11 is 0. The van der Waals surface area contributed by atoms with Crippen LogP contribution in [0.25, 0.3) is 0 Å². The first-order valence-corrected chi connectivity index (χ1v) is 11.4. The SMILES string of the molecule is C1CC2CCC3CCOC(C3)C3CNCC(CNCCNCCN2C1)C3.